The highest BCUT2D eigenvalue weighted by atomic mass is 35.5. The fourth-order valence-corrected chi connectivity index (χ4v) is 3.52. The summed E-state index contributed by atoms with van der Waals surface area (Å²) in [6, 6.07) is 15.9. The Balaban J connectivity index is 1.67. The van der Waals surface area contributed by atoms with Gasteiger partial charge < -0.3 is 5.32 Å². The van der Waals surface area contributed by atoms with Crippen molar-refractivity contribution in [3.63, 3.8) is 0 Å². The first-order chi connectivity index (χ1) is 15.3. The number of carbonyl (C=O) groups excluding carboxylic acids is 1. The summed E-state index contributed by atoms with van der Waals surface area (Å²) < 4.78 is 1.92. The lowest BCUT2D eigenvalue weighted by molar-refractivity contribution is -0.384. The maximum atomic E-state index is 12.5. The Labute approximate surface area is 189 Å². The second-order valence-corrected chi connectivity index (χ2v) is 7.80. The number of nitro benzene ring substituents is 1. The van der Waals surface area contributed by atoms with Crippen molar-refractivity contribution in [2.24, 2.45) is 0 Å². The number of anilines is 1. The predicted octanol–water partition coefficient (Wildman–Crippen LogP) is 5.83. The first kappa shape index (κ1) is 21.3. The van der Waals surface area contributed by atoms with Crippen molar-refractivity contribution in [1.29, 1.82) is 0 Å². The summed E-state index contributed by atoms with van der Waals surface area (Å²) in [6.45, 7) is 4.02. The third-order valence-corrected chi connectivity index (χ3v) is 5.27. The molecule has 32 heavy (non-hydrogen) atoms. The van der Waals surface area contributed by atoms with Crippen LogP contribution in [0.3, 0.4) is 0 Å². The van der Waals surface area contributed by atoms with Crippen LogP contribution in [0.25, 0.3) is 23.0 Å². The first-order valence-corrected chi connectivity index (χ1v) is 10.2. The van der Waals surface area contributed by atoms with Crippen LogP contribution in [0.15, 0.2) is 66.9 Å². The summed E-state index contributed by atoms with van der Waals surface area (Å²) in [5.74, 6) is -0.419. The van der Waals surface area contributed by atoms with Crippen molar-refractivity contribution in [3.05, 3.63) is 98.8 Å². The Morgan fingerprint density at radius 3 is 2.53 bits per heavy atom. The van der Waals surface area contributed by atoms with Crippen LogP contribution in [0.5, 0.6) is 0 Å². The van der Waals surface area contributed by atoms with E-state index >= 15 is 0 Å². The molecule has 0 saturated carbocycles. The smallest absolute Gasteiger partial charge is 0.271 e. The summed E-state index contributed by atoms with van der Waals surface area (Å²) in [5, 5.41) is 13.6. The normalized spacial score (nSPS) is 11.2. The highest BCUT2D eigenvalue weighted by Crippen LogP contribution is 2.28. The summed E-state index contributed by atoms with van der Waals surface area (Å²) in [4.78, 5) is 27.6. The van der Waals surface area contributed by atoms with E-state index in [2.05, 4.69) is 5.32 Å². The average Bonchev–Trinajstić information content (AvgIpc) is 3.11. The monoisotopic (exact) mass is 446 g/mol. The number of carbonyl (C=O) groups is 1. The Bertz CT molecular complexity index is 1370. The third-order valence-electron chi connectivity index (χ3n) is 4.96. The van der Waals surface area contributed by atoms with E-state index < -0.39 is 10.8 Å². The fraction of sp³-hybridized carbons (Fsp3) is 0.0833. The quantitative estimate of drug-likeness (QED) is 0.237. The molecule has 0 aliphatic rings. The number of aryl methyl sites for hydroxylation is 2. The number of hydrogen-bond donors (Lipinski definition) is 1. The molecule has 0 aliphatic carbocycles. The number of fused-ring (bicyclic) bond motifs is 1. The van der Waals surface area contributed by atoms with Gasteiger partial charge in [0.05, 0.1) is 27.0 Å². The molecule has 8 heteroatoms. The van der Waals surface area contributed by atoms with Crippen LogP contribution < -0.4 is 5.32 Å². The van der Waals surface area contributed by atoms with Crippen molar-refractivity contribution in [2.45, 2.75) is 13.8 Å². The maximum absolute atomic E-state index is 12.5. The summed E-state index contributed by atoms with van der Waals surface area (Å²) in [6.07, 6.45) is 5.00. The van der Waals surface area contributed by atoms with Gasteiger partial charge in [-0.05, 0) is 43.7 Å². The van der Waals surface area contributed by atoms with Gasteiger partial charge in [0, 0.05) is 30.0 Å². The van der Waals surface area contributed by atoms with Crippen LogP contribution in [-0.2, 0) is 4.79 Å². The minimum Gasteiger partial charge on any atom is -0.321 e. The number of pyridine rings is 1. The Kier molecular flexibility index (Phi) is 5.75. The first-order valence-electron chi connectivity index (χ1n) is 9.80. The summed E-state index contributed by atoms with van der Waals surface area (Å²) >= 11 is 6.07. The van der Waals surface area contributed by atoms with Crippen molar-refractivity contribution >= 4 is 40.6 Å². The van der Waals surface area contributed by atoms with Crippen molar-refractivity contribution < 1.29 is 9.72 Å². The number of halogens is 1. The molecule has 0 fully saturated rings. The lowest BCUT2D eigenvalue weighted by atomic mass is 10.1. The molecule has 0 radical (unpaired) electrons. The van der Waals surface area contributed by atoms with E-state index in [0.29, 0.717) is 5.69 Å². The van der Waals surface area contributed by atoms with E-state index in [0.717, 1.165) is 33.7 Å². The zero-order valence-corrected chi connectivity index (χ0v) is 18.1. The zero-order valence-electron chi connectivity index (χ0n) is 17.4. The van der Waals surface area contributed by atoms with Crippen LogP contribution in [0.1, 0.15) is 16.8 Å². The molecular weight excluding hydrogens is 428 g/mol. The number of nitro groups is 1. The van der Waals surface area contributed by atoms with E-state index in [1.54, 1.807) is 6.08 Å². The zero-order chi connectivity index (χ0) is 22.8. The number of nitrogens with zero attached hydrogens (tertiary/aromatic N) is 3. The lowest BCUT2D eigenvalue weighted by Gasteiger charge is -2.05. The number of aromatic nitrogens is 2. The molecule has 160 valence electrons. The molecule has 0 saturated heterocycles. The van der Waals surface area contributed by atoms with Crippen molar-refractivity contribution in [1.82, 2.24) is 9.38 Å². The van der Waals surface area contributed by atoms with Gasteiger partial charge in [-0.15, -0.1) is 0 Å². The van der Waals surface area contributed by atoms with Crippen LogP contribution in [0.4, 0.5) is 11.4 Å². The molecule has 4 aromatic rings. The van der Waals surface area contributed by atoms with Gasteiger partial charge in [-0.3, -0.25) is 19.3 Å². The minimum atomic E-state index is -0.545. The molecule has 4 rings (SSSR count). The van der Waals surface area contributed by atoms with Gasteiger partial charge in [-0.25, -0.2) is 4.98 Å². The Hall–Kier alpha value is -3.97. The highest BCUT2D eigenvalue weighted by Gasteiger charge is 2.14. The SMILES string of the molecule is Cc1ccc(-c2nc3cc(C)ccn3c2/C=C/C(=O)Nc2ccc([N+](=O)[O-])cc2Cl)cc1. The van der Waals surface area contributed by atoms with Crippen LogP contribution in [0.2, 0.25) is 5.02 Å². The molecule has 0 unspecified atom stereocenters. The number of benzene rings is 2. The maximum Gasteiger partial charge on any atom is 0.271 e. The molecular formula is C24H19ClN4O3. The second kappa shape index (κ2) is 8.64. The van der Waals surface area contributed by atoms with Gasteiger partial charge >= 0.3 is 0 Å². The van der Waals surface area contributed by atoms with Gasteiger partial charge in [-0.2, -0.15) is 0 Å². The average molecular weight is 447 g/mol. The van der Waals surface area contributed by atoms with Crippen molar-refractivity contribution in [3.8, 4) is 11.3 Å². The number of hydrogen-bond acceptors (Lipinski definition) is 4. The lowest BCUT2D eigenvalue weighted by Crippen LogP contribution is -2.08. The summed E-state index contributed by atoms with van der Waals surface area (Å²) in [5.41, 5.74) is 5.60. The number of imidazole rings is 1. The van der Waals surface area contributed by atoms with Crippen LogP contribution >= 0.6 is 11.6 Å². The standard InChI is InChI=1S/C24H19ClN4O3/c1-15-3-5-17(6-4-15)24-21(28-12-11-16(2)13-22(28)27-24)9-10-23(30)26-20-8-7-18(29(31)32)14-19(20)25/h3-14H,1-2H3,(H,26,30)/b10-9+. The van der Waals surface area contributed by atoms with Gasteiger partial charge in [0.15, 0.2) is 0 Å². The van der Waals surface area contributed by atoms with Gasteiger partial charge in [-0.1, -0.05) is 41.4 Å². The molecule has 2 heterocycles. The minimum absolute atomic E-state index is 0.0894. The van der Waals surface area contributed by atoms with Crippen LogP contribution in [0, 0.1) is 24.0 Å². The molecule has 2 aromatic carbocycles. The Morgan fingerprint density at radius 1 is 1.09 bits per heavy atom. The van der Waals surface area contributed by atoms with Gasteiger partial charge in [0.1, 0.15) is 5.65 Å². The molecule has 2 aromatic heterocycles. The van der Waals surface area contributed by atoms with Gasteiger partial charge in [0.25, 0.3) is 5.69 Å². The number of rotatable bonds is 5. The van der Waals surface area contributed by atoms with Crippen LogP contribution in [-0.4, -0.2) is 20.2 Å². The topological polar surface area (TPSA) is 89.5 Å². The van der Waals surface area contributed by atoms with E-state index in [-0.39, 0.29) is 10.7 Å². The molecule has 0 aliphatic heterocycles. The van der Waals surface area contributed by atoms with E-state index in [4.69, 9.17) is 16.6 Å². The molecule has 0 bridgehead atoms. The largest absolute Gasteiger partial charge is 0.321 e. The number of nitrogens with one attached hydrogen (secondary N) is 1. The van der Waals surface area contributed by atoms with E-state index in [1.165, 1.54) is 24.3 Å². The summed E-state index contributed by atoms with van der Waals surface area (Å²) in [7, 11) is 0. The Morgan fingerprint density at radius 2 is 1.84 bits per heavy atom. The number of amides is 1. The molecule has 7 nitrogen and oxygen atoms in total. The highest BCUT2D eigenvalue weighted by molar-refractivity contribution is 6.34. The third kappa shape index (κ3) is 4.38. The van der Waals surface area contributed by atoms with Crippen molar-refractivity contribution in [2.75, 3.05) is 5.32 Å². The molecule has 1 N–H and O–H groups in total. The molecule has 0 spiro atoms. The van der Waals surface area contributed by atoms with Gasteiger partial charge in [0.2, 0.25) is 5.91 Å². The van der Waals surface area contributed by atoms with E-state index in [1.807, 2.05) is 60.8 Å². The predicted molar refractivity (Wildman–Crippen MR) is 126 cm³/mol. The number of non-ortho nitro benzene ring substituents is 1. The molecule has 0 atom stereocenters. The fourth-order valence-electron chi connectivity index (χ4n) is 3.30. The van der Waals surface area contributed by atoms with E-state index in [9.17, 15) is 14.9 Å². The second-order valence-electron chi connectivity index (χ2n) is 7.39. The molecule has 1 amide bonds.